The number of aliphatic hydroxyl groups is 1. The SMILES string of the molecule is N#CCCO.O=P(O)(O)O. The minimum absolute atomic E-state index is 0.0174. The predicted octanol–water partition coefficient (Wildman–Crippen LogP) is -1.04. The van der Waals surface area contributed by atoms with E-state index in [4.69, 9.17) is 29.6 Å². The smallest absolute Gasteiger partial charge is 0.395 e. The van der Waals surface area contributed by atoms with E-state index in [0.717, 1.165) is 0 Å². The molecule has 0 aromatic carbocycles. The molecule has 0 spiro atoms. The molecular weight excluding hydrogens is 161 g/mol. The third kappa shape index (κ3) is 134. The standard InChI is InChI=1S/C3H5NO.H3O4P/c4-2-1-3-5;1-5(2,3)4/h5H,1,3H2;(H3,1,2,3,4). The van der Waals surface area contributed by atoms with Gasteiger partial charge in [0.05, 0.1) is 19.1 Å². The Kier molecular flexibility index (Phi) is 8.18. The Labute approximate surface area is 57.6 Å². The van der Waals surface area contributed by atoms with Crippen molar-refractivity contribution in [3.8, 4) is 6.07 Å². The molecule has 6 nitrogen and oxygen atoms in total. The molecule has 0 aliphatic heterocycles. The molecule has 0 amide bonds. The van der Waals surface area contributed by atoms with Crippen LogP contribution in [-0.2, 0) is 4.57 Å². The van der Waals surface area contributed by atoms with Crippen molar-refractivity contribution in [2.45, 2.75) is 6.42 Å². The van der Waals surface area contributed by atoms with Gasteiger partial charge in [0.25, 0.3) is 0 Å². The number of rotatable bonds is 1. The van der Waals surface area contributed by atoms with Gasteiger partial charge in [-0.2, -0.15) is 5.26 Å². The largest absolute Gasteiger partial charge is 0.466 e. The number of nitriles is 1. The van der Waals surface area contributed by atoms with Crippen LogP contribution in [0.3, 0.4) is 0 Å². The van der Waals surface area contributed by atoms with Crippen LogP contribution in [0.1, 0.15) is 6.42 Å². The van der Waals surface area contributed by atoms with Gasteiger partial charge >= 0.3 is 7.82 Å². The third-order valence-electron chi connectivity index (χ3n) is 0.224. The lowest BCUT2D eigenvalue weighted by Crippen LogP contribution is -1.72. The van der Waals surface area contributed by atoms with Gasteiger partial charge in [0.15, 0.2) is 0 Å². The summed E-state index contributed by atoms with van der Waals surface area (Å²) in [5.74, 6) is 0. The van der Waals surface area contributed by atoms with Gasteiger partial charge in [0.2, 0.25) is 0 Å². The van der Waals surface area contributed by atoms with E-state index in [1.54, 1.807) is 6.07 Å². The summed E-state index contributed by atoms with van der Waals surface area (Å²) in [5, 5.41) is 15.5. The first-order valence-electron chi connectivity index (χ1n) is 2.18. The van der Waals surface area contributed by atoms with Crippen molar-refractivity contribution >= 4 is 7.82 Å². The van der Waals surface area contributed by atoms with E-state index in [0.29, 0.717) is 0 Å². The molecule has 10 heavy (non-hydrogen) atoms. The molecule has 0 rings (SSSR count). The molecule has 0 aliphatic carbocycles. The molecule has 0 saturated heterocycles. The molecule has 0 aromatic rings. The highest BCUT2D eigenvalue weighted by molar-refractivity contribution is 7.45. The molecule has 0 atom stereocenters. The van der Waals surface area contributed by atoms with Crippen molar-refractivity contribution in [1.82, 2.24) is 0 Å². The highest BCUT2D eigenvalue weighted by Gasteiger charge is 2.00. The Morgan fingerprint density at radius 2 is 1.70 bits per heavy atom. The number of phosphoric acid groups is 1. The Balaban J connectivity index is 0. The molecule has 4 N–H and O–H groups in total. The topological polar surface area (TPSA) is 122 Å². The maximum Gasteiger partial charge on any atom is 0.466 e. The fraction of sp³-hybridized carbons (Fsp3) is 0.667. The first-order valence-corrected chi connectivity index (χ1v) is 3.74. The van der Waals surface area contributed by atoms with Crippen molar-refractivity contribution in [2.24, 2.45) is 0 Å². The van der Waals surface area contributed by atoms with E-state index in [1.807, 2.05) is 0 Å². The molecule has 0 heterocycles. The van der Waals surface area contributed by atoms with Gasteiger partial charge in [-0.15, -0.1) is 0 Å². The molecule has 0 saturated carbocycles. The van der Waals surface area contributed by atoms with Crippen LogP contribution >= 0.6 is 7.82 Å². The summed E-state index contributed by atoms with van der Waals surface area (Å²) < 4.78 is 8.88. The average molecular weight is 169 g/mol. The summed E-state index contributed by atoms with van der Waals surface area (Å²) in [7, 11) is -4.64. The first kappa shape index (κ1) is 12.3. The summed E-state index contributed by atoms with van der Waals surface area (Å²) >= 11 is 0. The van der Waals surface area contributed by atoms with E-state index < -0.39 is 7.82 Å². The molecule has 0 aliphatic rings. The summed E-state index contributed by atoms with van der Waals surface area (Å²) in [6.07, 6.45) is 0.250. The van der Waals surface area contributed by atoms with Crippen LogP contribution in [0.2, 0.25) is 0 Å². The average Bonchev–Trinajstić information content (AvgIpc) is 1.63. The summed E-state index contributed by atoms with van der Waals surface area (Å²) in [6, 6.07) is 1.77. The molecule has 60 valence electrons. The summed E-state index contributed by atoms with van der Waals surface area (Å²) in [5.41, 5.74) is 0. The van der Waals surface area contributed by atoms with Crippen molar-refractivity contribution in [2.75, 3.05) is 6.61 Å². The fourth-order valence-corrected chi connectivity index (χ4v) is 0.0500. The maximum absolute atomic E-state index is 8.88. The lowest BCUT2D eigenvalue weighted by molar-refractivity contribution is 0.275. The minimum Gasteiger partial charge on any atom is -0.395 e. The number of nitrogens with zero attached hydrogens (tertiary/aromatic N) is 1. The number of aliphatic hydroxyl groups excluding tert-OH is 1. The van der Waals surface area contributed by atoms with Gasteiger partial charge in [-0.1, -0.05) is 0 Å². The van der Waals surface area contributed by atoms with Gasteiger partial charge < -0.3 is 19.8 Å². The van der Waals surface area contributed by atoms with E-state index in [-0.39, 0.29) is 13.0 Å². The zero-order valence-corrected chi connectivity index (χ0v) is 5.90. The Morgan fingerprint density at radius 3 is 1.70 bits per heavy atom. The van der Waals surface area contributed by atoms with E-state index in [9.17, 15) is 0 Å². The Hall–Kier alpha value is -0.440. The second kappa shape index (κ2) is 6.68. The van der Waals surface area contributed by atoms with Gasteiger partial charge in [-0.25, -0.2) is 4.57 Å². The van der Waals surface area contributed by atoms with Crippen LogP contribution in [0.15, 0.2) is 0 Å². The van der Waals surface area contributed by atoms with E-state index >= 15 is 0 Å². The highest BCUT2D eigenvalue weighted by Crippen LogP contribution is 2.25. The Morgan fingerprint density at radius 1 is 1.40 bits per heavy atom. The van der Waals surface area contributed by atoms with Crippen LogP contribution < -0.4 is 0 Å². The van der Waals surface area contributed by atoms with Crippen molar-refractivity contribution < 1.29 is 24.4 Å². The molecule has 0 aromatic heterocycles. The monoisotopic (exact) mass is 169 g/mol. The predicted molar refractivity (Wildman–Crippen MR) is 31.6 cm³/mol. The van der Waals surface area contributed by atoms with Crippen LogP contribution in [0.25, 0.3) is 0 Å². The molecular formula is C3H8NO5P. The normalized spacial score (nSPS) is 9.10. The van der Waals surface area contributed by atoms with Crippen LogP contribution in [0, 0.1) is 11.3 Å². The van der Waals surface area contributed by atoms with Crippen LogP contribution in [-0.4, -0.2) is 26.4 Å². The molecule has 7 heteroatoms. The quantitative estimate of drug-likeness (QED) is 0.372. The molecule has 0 unspecified atom stereocenters. The third-order valence-corrected chi connectivity index (χ3v) is 0.224. The van der Waals surface area contributed by atoms with Gasteiger partial charge in [-0.3, -0.25) is 0 Å². The zero-order chi connectivity index (χ0) is 8.62. The minimum atomic E-state index is -4.64. The molecule has 0 bridgehead atoms. The van der Waals surface area contributed by atoms with Crippen LogP contribution in [0.4, 0.5) is 0 Å². The van der Waals surface area contributed by atoms with Gasteiger partial charge in [0.1, 0.15) is 0 Å². The number of hydrogen-bond acceptors (Lipinski definition) is 3. The fourth-order valence-electron chi connectivity index (χ4n) is 0.0500. The van der Waals surface area contributed by atoms with Crippen LogP contribution in [0.5, 0.6) is 0 Å². The van der Waals surface area contributed by atoms with Gasteiger partial charge in [-0.05, 0) is 0 Å². The van der Waals surface area contributed by atoms with Crippen molar-refractivity contribution in [3.63, 3.8) is 0 Å². The van der Waals surface area contributed by atoms with Crippen molar-refractivity contribution in [1.29, 1.82) is 5.26 Å². The van der Waals surface area contributed by atoms with Gasteiger partial charge in [0, 0.05) is 0 Å². The molecule has 0 radical (unpaired) electrons. The Bertz CT molecular complexity index is 137. The zero-order valence-electron chi connectivity index (χ0n) is 5.01. The summed E-state index contributed by atoms with van der Waals surface area (Å²) in [6.45, 7) is -0.0174. The first-order chi connectivity index (χ1) is 4.41. The lowest BCUT2D eigenvalue weighted by atomic mass is 10.5. The highest BCUT2D eigenvalue weighted by atomic mass is 31.2. The number of hydrogen-bond donors (Lipinski definition) is 4. The van der Waals surface area contributed by atoms with E-state index in [1.165, 1.54) is 0 Å². The van der Waals surface area contributed by atoms with Crippen molar-refractivity contribution in [3.05, 3.63) is 0 Å². The summed E-state index contributed by atoms with van der Waals surface area (Å²) in [4.78, 5) is 21.6. The molecule has 0 fully saturated rings. The second-order valence-corrected chi connectivity index (χ2v) is 2.17. The van der Waals surface area contributed by atoms with E-state index in [2.05, 4.69) is 0 Å². The second-order valence-electron chi connectivity index (χ2n) is 1.14. The maximum atomic E-state index is 8.88. The lowest BCUT2D eigenvalue weighted by Gasteiger charge is -1.82.